The molecule has 4 N–H and O–H groups in total. The number of fused-ring (bicyclic) bond motifs is 1. The van der Waals surface area contributed by atoms with Crippen LogP contribution in [0.5, 0.6) is 0 Å². The van der Waals surface area contributed by atoms with Crippen LogP contribution in [0.1, 0.15) is 5.56 Å². The van der Waals surface area contributed by atoms with Crippen LogP contribution >= 0.6 is 0 Å². The Kier molecular flexibility index (Phi) is 3.38. The molecule has 0 aromatic heterocycles. The lowest BCUT2D eigenvalue weighted by Crippen LogP contribution is -2.23. The van der Waals surface area contributed by atoms with Crippen LogP contribution in [0.3, 0.4) is 0 Å². The lowest BCUT2D eigenvalue weighted by molar-refractivity contribution is -0.113. The molecule has 0 aliphatic rings. The summed E-state index contributed by atoms with van der Waals surface area (Å²) in [6.07, 6.45) is 3.02. The SMILES string of the molecule is NC(N)=NC(=O)C=Cc1ccc2ccccc2c1. The average Bonchev–Trinajstić information content (AvgIpc) is 2.35. The first-order valence-electron chi connectivity index (χ1n) is 5.45. The van der Waals surface area contributed by atoms with Crippen molar-refractivity contribution < 1.29 is 4.79 Å². The highest BCUT2D eigenvalue weighted by molar-refractivity contribution is 6.00. The number of rotatable bonds is 2. The monoisotopic (exact) mass is 239 g/mol. The van der Waals surface area contributed by atoms with E-state index in [1.165, 1.54) is 6.08 Å². The molecule has 0 unspecified atom stereocenters. The van der Waals surface area contributed by atoms with E-state index in [1.54, 1.807) is 6.08 Å². The van der Waals surface area contributed by atoms with E-state index in [1.807, 2.05) is 42.5 Å². The lowest BCUT2D eigenvalue weighted by atomic mass is 10.1. The second-order valence-corrected chi connectivity index (χ2v) is 3.81. The van der Waals surface area contributed by atoms with Gasteiger partial charge >= 0.3 is 0 Å². The predicted octanol–water partition coefficient (Wildman–Crippen LogP) is 1.65. The highest BCUT2D eigenvalue weighted by Gasteiger charge is 1.95. The zero-order chi connectivity index (χ0) is 13.0. The maximum absolute atomic E-state index is 11.3. The highest BCUT2D eigenvalue weighted by Crippen LogP contribution is 2.16. The van der Waals surface area contributed by atoms with Crippen LogP contribution in [-0.2, 0) is 4.79 Å². The number of aliphatic imine (C=N–C) groups is 1. The van der Waals surface area contributed by atoms with Crippen molar-refractivity contribution in [3.05, 3.63) is 54.1 Å². The third-order valence-electron chi connectivity index (χ3n) is 2.43. The Bertz CT molecular complexity index is 640. The van der Waals surface area contributed by atoms with Crippen molar-refractivity contribution in [1.82, 2.24) is 0 Å². The van der Waals surface area contributed by atoms with E-state index in [2.05, 4.69) is 4.99 Å². The molecule has 0 aliphatic heterocycles. The number of carbonyl (C=O) groups excluding carboxylic acids is 1. The summed E-state index contributed by atoms with van der Waals surface area (Å²) in [5.41, 5.74) is 11.1. The van der Waals surface area contributed by atoms with Crippen LogP contribution in [0.2, 0.25) is 0 Å². The van der Waals surface area contributed by atoms with E-state index in [9.17, 15) is 4.79 Å². The Morgan fingerprint density at radius 2 is 1.78 bits per heavy atom. The largest absolute Gasteiger partial charge is 0.370 e. The standard InChI is InChI=1S/C14H13N3O/c15-14(16)17-13(18)8-6-10-5-7-11-3-1-2-4-12(11)9-10/h1-9H,(H4,15,16,17,18). The van der Waals surface area contributed by atoms with Gasteiger partial charge in [0.15, 0.2) is 5.96 Å². The van der Waals surface area contributed by atoms with Gasteiger partial charge in [0, 0.05) is 6.08 Å². The number of nitrogens with zero attached hydrogens (tertiary/aromatic N) is 1. The summed E-state index contributed by atoms with van der Waals surface area (Å²) in [5.74, 6) is -0.702. The third kappa shape index (κ3) is 2.95. The minimum atomic E-state index is -0.469. The van der Waals surface area contributed by atoms with Gasteiger partial charge in [-0.25, -0.2) is 0 Å². The van der Waals surface area contributed by atoms with Gasteiger partial charge in [0.2, 0.25) is 0 Å². The number of benzene rings is 2. The fraction of sp³-hybridized carbons (Fsp3) is 0. The number of amides is 1. The van der Waals surface area contributed by atoms with Crippen molar-refractivity contribution in [2.45, 2.75) is 0 Å². The molecule has 0 spiro atoms. The zero-order valence-electron chi connectivity index (χ0n) is 9.71. The molecule has 0 atom stereocenters. The fourth-order valence-electron chi connectivity index (χ4n) is 1.64. The van der Waals surface area contributed by atoms with Crippen molar-refractivity contribution in [1.29, 1.82) is 0 Å². The maximum Gasteiger partial charge on any atom is 0.272 e. The number of hydrogen-bond donors (Lipinski definition) is 2. The van der Waals surface area contributed by atoms with Gasteiger partial charge in [-0.2, -0.15) is 4.99 Å². The lowest BCUT2D eigenvalue weighted by Gasteiger charge is -1.98. The smallest absolute Gasteiger partial charge is 0.272 e. The Hall–Kier alpha value is -2.62. The molecular formula is C14H13N3O. The molecule has 1 amide bonds. The topological polar surface area (TPSA) is 81.5 Å². The Balaban J connectivity index is 2.24. The molecule has 0 fully saturated rings. The number of hydrogen-bond acceptors (Lipinski definition) is 1. The van der Waals surface area contributed by atoms with Crippen LogP contribution in [0.25, 0.3) is 16.8 Å². The molecule has 0 radical (unpaired) electrons. The fourth-order valence-corrected chi connectivity index (χ4v) is 1.64. The molecule has 2 rings (SSSR count). The Morgan fingerprint density at radius 1 is 1.06 bits per heavy atom. The van der Waals surface area contributed by atoms with Crippen LogP contribution < -0.4 is 11.5 Å². The van der Waals surface area contributed by atoms with Gasteiger partial charge in [0.1, 0.15) is 0 Å². The van der Waals surface area contributed by atoms with Gasteiger partial charge in [-0.1, -0.05) is 36.4 Å². The molecule has 4 nitrogen and oxygen atoms in total. The average molecular weight is 239 g/mol. The predicted molar refractivity (Wildman–Crippen MR) is 73.8 cm³/mol. The molecule has 18 heavy (non-hydrogen) atoms. The molecule has 4 heteroatoms. The first-order chi connectivity index (χ1) is 8.65. The summed E-state index contributed by atoms with van der Waals surface area (Å²) >= 11 is 0. The number of guanidine groups is 1. The Labute approximate surface area is 105 Å². The van der Waals surface area contributed by atoms with Crippen molar-refractivity contribution >= 4 is 28.7 Å². The zero-order valence-corrected chi connectivity index (χ0v) is 9.71. The number of carbonyl (C=O) groups is 1. The van der Waals surface area contributed by atoms with Crippen molar-refractivity contribution in [2.75, 3.05) is 0 Å². The molecule has 0 saturated carbocycles. The Morgan fingerprint density at radius 3 is 2.50 bits per heavy atom. The van der Waals surface area contributed by atoms with E-state index in [-0.39, 0.29) is 5.96 Å². The summed E-state index contributed by atoms with van der Waals surface area (Å²) in [4.78, 5) is 14.7. The second-order valence-electron chi connectivity index (χ2n) is 3.81. The van der Waals surface area contributed by atoms with E-state index >= 15 is 0 Å². The molecule has 0 aliphatic carbocycles. The van der Waals surface area contributed by atoms with Gasteiger partial charge in [-0.15, -0.1) is 0 Å². The van der Waals surface area contributed by atoms with E-state index in [0.29, 0.717) is 0 Å². The minimum Gasteiger partial charge on any atom is -0.370 e. The van der Waals surface area contributed by atoms with Gasteiger partial charge in [-0.3, -0.25) is 4.79 Å². The first-order valence-corrected chi connectivity index (χ1v) is 5.45. The quantitative estimate of drug-likeness (QED) is 0.475. The van der Waals surface area contributed by atoms with Crippen LogP contribution in [0.15, 0.2) is 53.5 Å². The second kappa shape index (κ2) is 5.14. The van der Waals surface area contributed by atoms with E-state index in [0.717, 1.165) is 16.3 Å². The maximum atomic E-state index is 11.3. The molecule has 2 aromatic rings. The van der Waals surface area contributed by atoms with Crippen molar-refractivity contribution in [3.63, 3.8) is 0 Å². The van der Waals surface area contributed by atoms with E-state index < -0.39 is 5.91 Å². The molecule has 0 bridgehead atoms. The normalized spacial score (nSPS) is 10.7. The van der Waals surface area contributed by atoms with Crippen LogP contribution in [-0.4, -0.2) is 11.9 Å². The molecule has 2 aromatic carbocycles. The first kappa shape index (κ1) is 11.9. The summed E-state index contributed by atoms with van der Waals surface area (Å²) in [7, 11) is 0. The minimum absolute atomic E-state index is 0.233. The van der Waals surface area contributed by atoms with Gasteiger partial charge in [-0.05, 0) is 28.5 Å². The van der Waals surface area contributed by atoms with Gasteiger partial charge < -0.3 is 11.5 Å². The van der Waals surface area contributed by atoms with Crippen LogP contribution in [0, 0.1) is 0 Å². The molecule has 0 heterocycles. The summed E-state index contributed by atoms with van der Waals surface area (Å²) in [6.45, 7) is 0. The summed E-state index contributed by atoms with van der Waals surface area (Å²) in [5, 5.41) is 2.28. The molecule has 90 valence electrons. The van der Waals surface area contributed by atoms with Gasteiger partial charge in [0.05, 0.1) is 0 Å². The van der Waals surface area contributed by atoms with Crippen molar-refractivity contribution in [2.24, 2.45) is 16.5 Å². The summed E-state index contributed by atoms with van der Waals surface area (Å²) < 4.78 is 0. The molecular weight excluding hydrogens is 226 g/mol. The number of nitrogens with two attached hydrogens (primary N) is 2. The van der Waals surface area contributed by atoms with Crippen molar-refractivity contribution in [3.8, 4) is 0 Å². The van der Waals surface area contributed by atoms with Gasteiger partial charge in [0.25, 0.3) is 5.91 Å². The van der Waals surface area contributed by atoms with Crippen LogP contribution in [0.4, 0.5) is 0 Å². The van der Waals surface area contributed by atoms with E-state index in [4.69, 9.17) is 11.5 Å². The molecule has 0 saturated heterocycles. The summed E-state index contributed by atoms with van der Waals surface area (Å²) in [6, 6.07) is 13.9. The third-order valence-corrected chi connectivity index (χ3v) is 2.43. The highest BCUT2D eigenvalue weighted by atomic mass is 16.1.